The van der Waals surface area contributed by atoms with E-state index in [4.69, 9.17) is 0 Å². The summed E-state index contributed by atoms with van der Waals surface area (Å²) in [4.78, 5) is 0. The van der Waals surface area contributed by atoms with Gasteiger partial charge in [-0.1, -0.05) is 120 Å². The lowest BCUT2D eigenvalue weighted by atomic mass is 9.75. The summed E-state index contributed by atoms with van der Waals surface area (Å²) in [7, 11) is 0. The van der Waals surface area contributed by atoms with Gasteiger partial charge in [-0.2, -0.15) is 13.2 Å². The largest absolute Gasteiger partial charge is 0.416 e. The molecule has 0 aliphatic heterocycles. The molecule has 0 aliphatic carbocycles. The number of anilines is 1. The molecular formula is C45H54F3N. The highest BCUT2D eigenvalue weighted by Crippen LogP contribution is 2.35. The minimum atomic E-state index is -4.22. The maximum Gasteiger partial charge on any atom is 0.416 e. The predicted octanol–water partition coefficient (Wildman–Crippen LogP) is 13.7. The maximum absolute atomic E-state index is 12.2. The molecule has 0 fully saturated rings. The number of hydrogen-bond acceptors (Lipinski definition) is 1. The highest BCUT2D eigenvalue weighted by atomic mass is 19.4. The molecule has 0 aliphatic rings. The molecule has 4 aromatic carbocycles. The average Bonchev–Trinajstić information content (AvgIpc) is 3.05. The van der Waals surface area contributed by atoms with Gasteiger partial charge >= 0.3 is 6.18 Å². The Morgan fingerprint density at radius 3 is 1.92 bits per heavy atom. The molecule has 1 N–H and O–H groups in total. The monoisotopic (exact) mass is 665 g/mol. The van der Waals surface area contributed by atoms with Crippen molar-refractivity contribution in [2.75, 3.05) is 5.32 Å². The quantitative estimate of drug-likeness (QED) is 0.124. The highest BCUT2D eigenvalue weighted by Gasteiger charge is 2.32. The van der Waals surface area contributed by atoms with Crippen LogP contribution in [0, 0.1) is 25.7 Å². The zero-order chi connectivity index (χ0) is 36.5. The molecule has 0 radical (unpaired) electrons. The van der Waals surface area contributed by atoms with E-state index >= 15 is 0 Å². The summed E-state index contributed by atoms with van der Waals surface area (Å²) in [6.45, 7) is 22.3. The molecule has 0 unspecified atom stereocenters. The molecule has 4 rings (SSSR count). The first-order valence-corrected chi connectivity index (χ1v) is 17.2. The molecule has 0 heterocycles. The Balaban J connectivity index is 0.000000275. The van der Waals surface area contributed by atoms with Gasteiger partial charge in [0, 0.05) is 23.4 Å². The third kappa shape index (κ3) is 13.5. The number of halogens is 3. The fourth-order valence-corrected chi connectivity index (χ4v) is 6.08. The van der Waals surface area contributed by atoms with Gasteiger partial charge in [0.1, 0.15) is 0 Å². The molecule has 0 spiro atoms. The fraction of sp³-hybridized carbons (Fsp3) is 0.333. The van der Waals surface area contributed by atoms with E-state index in [0.717, 1.165) is 29.4 Å². The molecule has 49 heavy (non-hydrogen) atoms. The first kappa shape index (κ1) is 40.7. The molecule has 0 amide bonds. The van der Waals surface area contributed by atoms with E-state index in [0.29, 0.717) is 17.4 Å². The van der Waals surface area contributed by atoms with E-state index < -0.39 is 11.7 Å². The van der Waals surface area contributed by atoms with Gasteiger partial charge in [0.15, 0.2) is 0 Å². The highest BCUT2D eigenvalue weighted by molar-refractivity contribution is 5.66. The summed E-state index contributed by atoms with van der Waals surface area (Å²) in [5.41, 5.74) is 9.80. The van der Waals surface area contributed by atoms with Crippen LogP contribution in [0.15, 0.2) is 116 Å². The summed E-state index contributed by atoms with van der Waals surface area (Å²) in [5.74, 6) is 6.11. The van der Waals surface area contributed by atoms with Crippen molar-refractivity contribution in [2.24, 2.45) is 0 Å². The Hall–Kier alpha value is -4.49. The van der Waals surface area contributed by atoms with Crippen LogP contribution in [0.25, 0.3) is 11.1 Å². The number of hydrogen-bond donors (Lipinski definition) is 1. The lowest BCUT2D eigenvalue weighted by Gasteiger charge is -2.30. The topological polar surface area (TPSA) is 12.0 Å². The van der Waals surface area contributed by atoms with Gasteiger partial charge in [-0.15, -0.1) is 12.5 Å². The van der Waals surface area contributed by atoms with Crippen molar-refractivity contribution in [3.8, 4) is 23.0 Å². The van der Waals surface area contributed by atoms with Crippen molar-refractivity contribution in [1.82, 2.24) is 0 Å². The summed E-state index contributed by atoms with van der Waals surface area (Å²) >= 11 is 0. The van der Waals surface area contributed by atoms with Gasteiger partial charge in [0.25, 0.3) is 0 Å². The molecule has 4 heteroatoms. The van der Waals surface area contributed by atoms with Gasteiger partial charge in [-0.3, -0.25) is 0 Å². The van der Waals surface area contributed by atoms with Crippen LogP contribution in [-0.4, -0.2) is 0 Å². The van der Waals surface area contributed by atoms with Crippen molar-refractivity contribution in [3.63, 3.8) is 0 Å². The number of rotatable bonds is 11. The van der Waals surface area contributed by atoms with Gasteiger partial charge in [-0.05, 0) is 109 Å². The molecule has 0 saturated carbocycles. The zero-order valence-electron chi connectivity index (χ0n) is 30.5. The van der Waals surface area contributed by atoms with Crippen LogP contribution in [0.1, 0.15) is 100 Å². The van der Waals surface area contributed by atoms with E-state index in [1.165, 1.54) is 65.6 Å². The number of allylic oxidation sites excluding steroid dienone is 1. The van der Waals surface area contributed by atoms with Crippen molar-refractivity contribution in [3.05, 3.63) is 149 Å². The van der Waals surface area contributed by atoms with E-state index in [1.807, 2.05) is 13.0 Å². The van der Waals surface area contributed by atoms with Crippen LogP contribution in [0.2, 0.25) is 0 Å². The predicted molar refractivity (Wildman–Crippen MR) is 206 cm³/mol. The van der Waals surface area contributed by atoms with E-state index in [-0.39, 0.29) is 0 Å². The summed E-state index contributed by atoms with van der Waals surface area (Å²) < 4.78 is 36.7. The second kappa shape index (κ2) is 20.1. The maximum atomic E-state index is 12.2. The molecule has 0 bridgehead atoms. The van der Waals surface area contributed by atoms with Crippen LogP contribution < -0.4 is 5.32 Å². The minimum absolute atomic E-state index is 0.303. The second-order valence-electron chi connectivity index (χ2n) is 12.7. The first-order chi connectivity index (χ1) is 23.3. The number of benzene rings is 4. The van der Waals surface area contributed by atoms with Crippen LogP contribution in [0.4, 0.5) is 18.9 Å². The Morgan fingerprint density at radius 1 is 0.796 bits per heavy atom. The summed E-state index contributed by atoms with van der Waals surface area (Å²) in [5, 5.41) is 3.26. The molecule has 260 valence electrons. The fourth-order valence-electron chi connectivity index (χ4n) is 6.08. The second-order valence-corrected chi connectivity index (χ2v) is 12.7. The van der Waals surface area contributed by atoms with Crippen LogP contribution >= 0.6 is 0 Å². The van der Waals surface area contributed by atoms with Crippen LogP contribution in [0.5, 0.6) is 0 Å². The molecule has 0 saturated heterocycles. The summed E-state index contributed by atoms with van der Waals surface area (Å²) in [6.07, 6.45) is 3.81. The lowest BCUT2D eigenvalue weighted by Crippen LogP contribution is -2.21. The van der Waals surface area contributed by atoms with Crippen molar-refractivity contribution in [2.45, 2.75) is 98.6 Å². The van der Waals surface area contributed by atoms with Crippen molar-refractivity contribution in [1.29, 1.82) is 0 Å². The van der Waals surface area contributed by atoms with Gasteiger partial charge in [0.2, 0.25) is 0 Å². The molecular weight excluding hydrogens is 611 g/mol. The number of nitrogens with one attached hydrogen (secondary N) is 1. The molecule has 4 aromatic rings. The van der Waals surface area contributed by atoms with E-state index in [2.05, 4.69) is 132 Å². The Morgan fingerprint density at radius 2 is 1.41 bits per heavy atom. The third-order valence-corrected chi connectivity index (χ3v) is 8.29. The Kier molecular flexibility index (Phi) is 16.7. The number of aryl methyl sites for hydroxylation is 3. The van der Waals surface area contributed by atoms with Crippen LogP contribution in [0.3, 0.4) is 0 Å². The molecule has 1 nitrogen and oxygen atoms in total. The minimum Gasteiger partial charge on any atom is -0.359 e. The smallest absolute Gasteiger partial charge is 0.359 e. The lowest BCUT2D eigenvalue weighted by molar-refractivity contribution is -0.138. The van der Waals surface area contributed by atoms with Crippen molar-refractivity contribution < 1.29 is 13.2 Å². The van der Waals surface area contributed by atoms with E-state index in [1.54, 1.807) is 13.0 Å². The molecule has 0 atom stereocenters. The average molecular weight is 666 g/mol. The van der Waals surface area contributed by atoms with Gasteiger partial charge < -0.3 is 5.32 Å². The normalized spacial score (nSPS) is 10.7. The zero-order valence-corrected chi connectivity index (χ0v) is 30.5. The van der Waals surface area contributed by atoms with Gasteiger partial charge in [0.05, 0.1) is 5.56 Å². The van der Waals surface area contributed by atoms with Gasteiger partial charge in [-0.25, -0.2) is 0 Å². The standard InChI is InChI=1S/C23H28.C13H17N.C9H9F3/c1-5-9-19-10-8-11-21(18-19)20-12-14-22(15-13-20)23(4,16-6-2)17-7-3;1-5-6-12(4)14-13-8-10(2)7-11(3)9-13;1-2-7-5-3-4-6-8(7)9(10,11)12/h8,10-15,18H,6-7,16-17H2,1-4H3;5,7-9,14H,1,4,6H2,2-3H3;3-6H,2H2,1H3. The number of alkyl halides is 3. The van der Waals surface area contributed by atoms with E-state index in [9.17, 15) is 13.2 Å². The third-order valence-electron chi connectivity index (χ3n) is 8.29. The van der Waals surface area contributed by atoms with Crippen LogP contribution in [-0.2, 0) is 18.0 Å². The first-order valence-electron chi connectivity index (χ1n) is 17.2. The molecule has 0 aromatic heterocycles. The SMILES string of the molecule is C=CCC(=C)Nc1cc(C)cc(C)c1.CC#Cc1cccc(-c2ccc(C(C)(CCC)CCC)cc2)c1.CCc1ccccc1C(F)(F)F. The Bertz CT molecular complexity index is 1660. The summed E-state index contributed by atoms with van der Waals surface area (Å²) in [6, 6.07) is 29.7. The van der Waals surface area contributed by atoms with Crippen molar-refractivity contribution >= 4 is 5.69 Å². The Labute approximate surface area is 294 Å².